The maximum Gasteiger partial charge on any atom is 0.170 e. The summed E-state index contributed by atoms with van der Waals surface area (Å²) in [5.41, 5.74) is 6.12. The maximum atomic E-state index is 8.57. The summed E-state index contributed by atoms with van der Waals surface area (Å²) < 4.78 is 7.48. The van der Waals surface area contributed by atoms with Gasteiger partial charge in [0.1, 0.15) is 5.75 Å². The Morgan fingerprint density at radius 3 is 2.74 bits per heavy atom. The van der Waals surface area contributed by atoms with E-state index in [0.29, 0.717) is 17.1 Å². The summed E-state index contributed by atoms with van der Waals surface area (Å²) in [7, 11) is 0. The van der Waals surface area contributed by atoms with Crippen molar-refractivity contribution in [3.05, 3.63) is 42.2 Å². The zero-order chi connectivity index (χ0) is 13.7. The average molecular weight is 260 g/mol. The third-order valence-corrected chi connectivity index (χ3v) is 2.56. The molecule has 100 valence electrons. The van der Waals surface area contributed by atoms with Gasteiger partial charge in [-0.3, -0.25) is 4.68 Å². The van der Waals surface area contributed by atoms with Gasteiger partial charge in [0.05, 0.1) is 12.4 Å². The maximum absolute atomic E-state index is 8.57. The lowest BCUT2D eigenvalue weighted by molar-refractivity contribution is 0.318. The van der Waals surface area contributed by atoms with E-state index in [0.717, 1.165) is 13.0 Å². The van der Waals surface area contributed by atoms with Crippen molar-refractivity contribution in [2.24, 2.45) is 10.9 Å². The summed E-state index contributed by atoms with van der Waals surface area (Å²) in [4.78, 5) is 0. The standard InChI is InChI=1S/C13H16N4O2/c1-2-7-17-9-12(8-15-17)19-11-5-3-10(4-6-11)13(14)16-18/h3-6,8-9,18H,2,7H2,1H3,(H2,14,16). The number of hydrogen-bond donors (Lipinski definition) is 2. The molecule has 0 aliphatic heterocycles. The molecule has 1 aromatic carbocycles. The molecule has 0 bridgehead atoms. The molecule has 0 spiro atoms. The smallest absolute Gasteiger partial charge is 0.170 e. The van der Waals surface area contributed by atoms with Crippen molar-refractivity contribution in [1.29, 1.82) is 0 Å². The molecule has 0 amide bonds. The molecule has 0 unspecified atom stereocenters. The van der Waals surface area contributed by atoms with Crippen LogP contribution in [0.3, 0.4) is 0 Å². The fraction of sp³-hybridized carbons (Fsp3) is 0.231. The van der Waals surface area contributed by atoms with Crippen molar-refractivity contribution in [2.75, 3.05) is 0 Å². The van der Waals surface area contributed by atoms with Crippen LogP contribution in [0, 0.1) is 0 Å². The number of amidine groups is 1. The first-order valence-corrected chi connectivity index (χ1v) is 6.01. The van der Waals surface area contributed by atoms with Gasteiger partial charge in [-0.05, 0) is 30.7 Å². The van der Waals surface area contributed by atoms with E-state index in [4.69, 9.17) is 15.7 Å². The van der Waals surface area contributed by atoms with Crippen molar-refractivity contribution in [3.63, 3.8) is 0 Å². The van der Waals surface area contributed by atoms with Gasteiger partial charge in [0.15, 0.2) is 11.6 Å². The van der Waals surface area contributed by atoms with Crippen LogP contribution in [0.5, 0.6) is 11.5 Å². The summed E-state index contributed by atoms with van der Waals surface area (Å²) in [6.07, 6.45) is 4.55. The van der Waals surface area contributed by atoms with Crippen LogP contribution < -0.4 is 10.5 Å². The Morgan fingerprint density at radius 2 is 2.11 bits per heavy atom. The average Bonchev–Trinajstić information content (AvgIpc) is 2.86. The second-order valence-electron chi connectivity index (χ2n) is 4.05. The van der Waals surface area contributed by atoms with Gasteiger partial charge in [0, 0.05) is 12.1 Å². The number of nitrogens with zero attached hydrogens (tertiary/aromatic N) is 3. The molecular weight excluding hydrogens is 244 g/mol. The van der Waals surface area contributed by atoms with E-state index in [1.165, 1.54) is 0 Å². The molecule has 0 saturated carbocycles. The second kappa shape index (κ2) is 5.90. The fourth-order valence-corrected chi connectivity index (χ4v) is 1.64. The monoisotopic (exact) mass is 260 g/mol. The van der Waals surface area contributed by atoms with Crippen LogP contribution in [0.1, 0.15) is 18.9 Å². The van der Waals surface area contributed by atoms with Gasteiger partial charge in [-0.1, -0.05) is 12.1 Å². The molecule has 1 heterocycles. The van der Waals surface area contributed by atoms with Gasteiger partial charge in [-0.25, -0.2) is 0 Å². The number of nitrogens with two attached hydrogens (primary N) is 1. The Morgan fingerprint density at radius 1 is 1.37 bits per heavy atom. The van der Waals surface area contributed by atoms with Crippen molar-refractivity contribution in [2.45, 2.75) is 19.9 Å². The fourth-order valence-electron chi connectivity index (χ4n) is 1.64. The molecule has 1 aromatic heterocycles. The summed E-state index contributed by atoms with van der Waals surface area (Å²) in [5, 5.41) is 15.7. The molecule has 6 nitrogen and oxygen atoms in total. The predicted octanol–water partition coefficient (Wildman–Crippen LogP) is 2.18. The predicted molar refractivity (Wildman–Crippen MR) is 71.5 cm³/mol. The van der Waals surface area contributed by atoms with E-state index in [-0.39, 0.29) is 5.84 Å². The lowest BCUT2D eigenvalue weighted by Gasteiger charge is -2.03. The Labute approximate surface area is 111 Å². The first kappa shape index (κ1) is 12.9. The Bertz CT molecular complexity index is 560. The molecule has 6 heteroatoms. The molecule has 0 radical (unpaired) electrons. The minimum atomic E-state index is 0.0716. The van der Waals surface area contributed by atoms with Crippen LogP contribution in [0.2, 0.25) is 0 Å². The van der Waals surface area contributed by atoms with Crippen LogP contribution in [-0.4, -0.2) is 20.8 Å². The summed E-state index contributed by atoms with van der Waals surface area (Å²) in [6, 6.07) is 6.96. The molecule has 19 heavy (non-hydrogen) atoms. The molecule has 0 aliphatic carbocycles. The van der Waals surface area contributed by atoms with Gasteiger partial charge in [0.25, 0.3) is 0 Å². The lowest BCUT2D eigenvalue weighted by atomic mass is 10.2. The van der Waals surface area contributed by atoms with E-state index in [1.54, 1.807) is 30.5 Å². The van der Waals surface area contributed by atoms with E-state index < -0.39 is 0 Å². The highest BCUT2D eigenvalue weighted by Crippen LogP contribution is 2.21. The molecule has 2 aromatic rings. The van der Waals surface area contributed by atoms with E-state index in [9.17, 15) is 0 Å². The molecule has 3 N–H and O–H groups in total. The summed E-state index contributed by atoms with van der Waals surface area (Å²) >= 11 is 0. The van der Waals surface area contributed by atoms with Crippen LogP contribution in [0.15, 0.2) is 41.8 Å². The van der Waals surface area contributed by atoms with Crippen LogP contribution >= 0.6 is 0 Å². The van der Waals surface area contributed by atoms with E-state index in [2.05, 4.69) is 17.2 Å². The zero-order valence-corrected chi connectivity index (χ0v) is 10.7. The van der Waals surface area contributed by atoms with Gasteiger partial charge >= 0.3 is 0 Å². The van der Waals surface area contributed by atoms with Gasteiger partial charge in [0.2, 0.25) is 0 Å². The topological polar surface area (TPSA) is 85.7 Å². The largest absolute Gasteiger partial charge is 0.454 e. The molecule has 0 atom stereocenters. The van der Waals surface area contributed by atoms with Crippen molar-refractivity contribution in [1.82, 2.24) is 9.78 Å². The number of aromatic nitrogens is 2. The third-order valence-electron chi connectivity index (χ3n) is 2.56. The van der Waals surface area contributed by atoms with Crippen LogP contribution in [0.4, 0.5) is 0 Å². The number of benzene rings is 1. The lowest BCUT2D eigenvalue weighted by Crippen LogP contribution is -2.12. The molecule has 2 rings (SSSR count). The number of oxime groups is 1. The summed E-state index contributed by atoms with van der Waals surface area (Å²) in [5.74, 6) is 1.43. The number of hydrogen-bond acceptors (Lipinski definition) is 4. The number of aryl methyl sites for hydroxylation is 1. The Balaban J connectivity index is 2.06. The highest BCUT2D eigenvalue weighted by molar-refractivity contribution is 5.97. The molecular formula is C13H16N4O2. The van der Waals surface area contributed by atoms with Crippen molar-refractivity contribution in [3.8, 4) is 11.5 Å². The minimum absolute atomic E-state index is 0.0716. The number of rotatable bonds is 5. The van der Waals surface area contributed by atoms with Gasteiger partial charge in [-0.2, -0.15) is 5.10 Å². The molecule has 0 aliphatic rings. The normalized spacial score (nSPS) is 11.5. The van der Waals surface area contributed by atoms with Crippen molar-refractivity contribution >= 4 is 5.84 Å². The third kappa shape index (κ3) is 3.25. The highest BCUT2D eigenvalue weighted by atomic mass is 16.5. The number of ether oxygens (including phenoxy) is 1. The Kier molecular flexibility index (Phi) is 4.02. The van der Waals surface area contributed by atoms with Gasteiger partial charge < -0.3 is 15.7 Å². The highest BCUT2D eigenvalue weighted by Gasteiger charge is 2.03. The first-order valence-electron chi connectivity index (χ1n) is 6.01. The quantitative estimate of drug-likeness (QED) is 0.373. The minimum Gasteiger partial charge on any atom is -0.454 e. The van der Waals surface area contributed by atoms with Crippen LogP contribution in [0.25, 0.3) is 0 Å². The van der Waals surface area contributed by atoms with Gasteiger partial charge in [-0.15, -0.1) is 0 Å². The second-order valence-corrected chi connectivity index (χ2v) is 4.05. The zero-order valence-electron chi connectivity index (χ0n) is 10.7. The first-order chi connectivity index (χ1) is 9.22. The SMILES string of the molecule is CCCn1cc(Oc2ccc(/C(N)=N/O)cc2)cn1. The van der Waals surface area contributed by atoms with Crippen molar-refractivity contribution < 1.29 is 9.94 Å². The Hall–Kier alpha value is -2.50. The van der Waals surface area contributed by atoms with E-state index >= 15 is 0 Å². The van der Waals surface area contributed by atoms with E-state index in [1.807, 2.05) is 10.9 Å². The summed E-state index contributed by atoms with van der Waals surface area (Å²) in [6.45, 7) is 2.96. The van der Waals surface area contributed by atoms with Crippen LogP contribution in [-0.2, 0) is 6.54 Å². The molecule has 0 fully saturated rings. The molecule has 0 saturated heterocycles.